The van der Waals surface area contributed by atoms with Gasteiger partial charge in [0, 0.05) is 0 Å². The maximum absolute atomic E-state index is 2.36. The third kappa shape index (κ3) is 4.16. The van der Waals surface area contributed by atoms with E-state index in [1.165, 1.54) is 98.0 Å². The van der Waals surface area contributed by atoms with Gasteiger partial charge in [0.15, 0.2) is 0 Å². The summed E-state index contributed by atoms with van der Waals surface area (Å²) in [5.74, 6) is 0. The first kappa shape index (κ1) is 26.9. The standard InChI is InChI=1S/C48H30/c1-2-11-34-28-37(25-22-31(34)10-1)32-20-23-33(24-21-32)47-42-14-5-7-16-44(42)48(45-17-8-6-15-43(45)47)41-19-9-18-39-40(41)27-26-38-29-35-12-3-4-13-36(35)30-46(38)39/h1-30H. The molecule has 0 nitrogen and oxygen atoms in total. The minimum Gasteiger partial charge on any atom is -0.0616 e. The Hall–Kier alpha value is -6.24. The number of fused-ring (bicyclic) bond motifs is 7. The van der Waals surface area contributed by atoms with Crippen molar-refractivity contribution in [3.8, 4) is 33.4 Å². The van der Waals surface area contributed by atoms with Crippen LogP contribution in [-0.2, 0) is 0 Å². The fourth-order valence-corrected chi connectivity index (χ4v) is 7.93. The lowest BCUT2D eigenvalue weighted by Crippen LogP contribution is -1.92. The summed E-state index contributed by atoms with van der Waals surface area (Å²) in [6.45, 7) is 0. The van der Waals surface area contributed by atoms with Crippen LogP contribution in [0.2, 0.25) is 0 Å². The van der Waals surface area contributed by atoms with Crippen LogP contribution in [0.15, 0.2) is 182 Å². The average molecular weight is 607 g/mol. The highest BCUT2D eigenvalue weighted by atomic mass is 14.2. The molecule has 0 heterocycles. The average Bonchev–Trinajstić information content (AvgIpc) is 3.16. The Morgan fingerprint density at radius 3 is 1.40 bits per heavy atom. The molecule has 0 N–H and O–H groups in total. The quantitative estimate of drug-likeness (QED) is 0.139. The van der Waals surface area contributed by atoms with Gasteiger partial charge in [0.25, 0.3) is 0 Å². The van der Waals surface area contributed by atoms with E-state index < -0.39 is 0 Å². The van der Waals surface area contributed by atoms with Gasteiger partial charge in [0.05, 0.1) is 0 Å². The normalized spacial score (nSPS) is 11.8. The molecule has 0 aliphatic rings. The van der Waals surface area contributed by atoms with Crippen LogP contribution in [0, 0.1) is 0 Å². The largest absolute Gasteiger partial charge is 0.0616 e. The van der Waals surface area contributed by atoms with E-state index in [0.29, 0.717) is 0 Å². The zero-order chi connectivity index (χ0) is 31.6. The summed E-state index contributed by atoms with van der Waals surface area (Å²) in [5.41, 5.74) is 7.55. The fourth-order valence-electron chi connectivity index (χ4n) is 7.93. The van der Waals surface area contributed by atoms with Crippen LogP contribution < -0.4 is 0 Å². The van der Waals surface area contributed by atoms with Gasteiger partial charge in [-0.25, -0.2) is 0 Å². The molecule has 0 saturated heterocycles. The Labute approximate surface area is 279 Å². The minimum atomic E-state index is 1.23. The van der Waals surface area contributed by atoms with Crippen molar-refractivity contribution in [3.05, 3.63) is 182 Å². The predicted molar refractivity (Wildman–Crippen MR) is 208 cm³/mol. The molecule has 0 saturated carbocycles. The highest BCUT2D eigenvalue weighted by Crippen LogP contribution is 2.46. The Balaban J connectivity index is 1.19. The van der Waals surface area contributed by atoms with Crippen LogP contribution >= 0.6 is 0 Å². The second-order valence-electron chi connectivity index (χ2n) is 12.9. The summed E-state index contributed by atoms with van der Waals surface area (Å²) in [4.78, 5) is 0. The van der Waals surface area contributed by atoms with Crippen molar-refractivity contribution in [2.75, 3.05) is 0 Å². The third-order valence-corrected chi connectivity index (χ3v) is 10.2. The Morgan fingerprint density at radius 2 is 0.708 bits per heavy atom. The monoisotopic (exact) mass is 606 g/mol. The van der Waals surface area contributed by atoms with Gasteiger partial charge >= 0.3 is 0 Å². The Bertz CT molecular complexity index is 2820. The van der Waals surface area contributed by atoms with E-state index >= 15 is 0 Å². The molecular weight excluding hydrogens is 577 g/mol. The molecule has 0 amide bonds. The molecule has 222 valence electrons. The zero-order valence-corrected chi connectivity index (χ0v) is 26.3. The molecule has 10 aromatic carbocycles. The van der Waals surface area contributed by atoms with E-state index in [0.717, 1.165) is 0 Å². The maximum Gasteiger partial charge on any atom is -0.00201 e. The van der Waals surface area contributed by atoms with Crippen molar-refractivity contribution >= 4 is 64.6 Å². The van der Waals surface area contributed by atoms with Crippen molar-refractivity contribution in [2.24, 2.45) is 0 Å². The SMILES string of the molecule is c1ccc2cc(-c3ccc(-c4c5ccccc5c(-c5cccc6c5ccc5cc7ccccc7cc56)c5ccccc45)cc3)ccc2c1. The van der Waals surface area contributed by atoms with Crippen molar-refractivity contribution in [1.29, 1.82) is 0 Å². The van der Waals surface area contributed by atoms with Crippen molar-refractivity contribution < 1.29 is 0 Å². The molecule has 0 unspecified atom stereocenters. The molecule has 0 aliphatic carbocycles. The molecule has 48 heavy (non-hydrogen) atoms. The Morgan fingerprint density at radius 1 is 0.208 bits per heavy atom. The van der Waals surface area contributed by atoms with Crippen LogP contribution in [-0.4, -0.2) is 0 Å². The lowest BCUT2D eigenvalue weighted by Gasteiger charge is -2.19. The molecule has 10 aromatic rings. The van der Waals surface area contributed by atoms with E-state index in [1.54, 1.807) is 0 Å². The number of hydrogen-bond acceptors (Lipinski definition) is 0. The van der Waals surface area contributed by atoms with E-state index in [4.69, 9.17) is 0 Å². The summed E-state index contributed by atoms with van der Waals surface area (Å²) < 4.78 is 0. The number of hydrogen-bond donors (Lipinski definition) is 0. The Kier molecular flexibility index (Phi) is 5.98. The first-order valence-electron chi connectivity index (χ1n) is 16.7. The van der Waals surface area contributed by atoms with Crippen molar-refractivity contribution in [1.82, 2.24) is 0 Å². The second kappa shape index (κ2) is 10.7. The van der Waals surface area contributed by atoms with Gasteiger partial charge in [-0.3, -0.25) is 0 Å². The first-order valence-corrected chi connectivity index (χ1v) is 16.7. The van der Waals surface area contributed by atoms with Gasteiger partial charge in [-0.05, 0) is 116 Å². The van der Waals surface area contributed by atoms with Gasteiger partial charge in [-0.2, -0.15) is 0 Å². The highest BCUT2D eigenvalue weighted by Gasteiger charge is 2.18. The van der Waals surface area contributed by atoms with Crippen LogP contribution in [0.1, 0.15) is 0 Å². The lowest BCUT2D eigenvalue weighted by molar-refractivity contribution is 1.63. The van der Waals surface area contributed by atoms with Crippen LogP contribution in [0.5, 0.6) is 0 Å². The molecule has 0 fully saturated rings. The smallest absolute Gasteiger partial charge is 0.00201 e. The molecule has 0 spiro atoms. The number of benzene rings is 10. The molecule has 10 rings (SSSR count). The zero-order valence-electron chi connectivity index (χ0n) is 26.3. The third-order valence-electron chi connectivity index (χ3n) is 10.2. The van der Waals surface area contributed by atoms with Crippen molar-refractivity contribution in [2.45, 2.75) is 0 Å². The molecule has 0 aromatic heterocycles. The van der Waals surface area contributed by atoms with Gasteiger partial charge in [-0.1, -0.05) is 164 Å². The minimum absolute atomic E-state index is 1.23. The van der Waals surface area contributed by atoms with Gasteiger partial charge < -0.3 is 0 Å². The molecule has 0 heteroatoms. The van der Waals surface area contributed by atoms with Crippen LogP contribution in [0.25, 0.3) is 98.0 Å². The maximum atomic E-state index is 2.36. The second-order valence-corrected chi connectivity index (χ2v) is 12.9. The molecule has 0 atom stereocenters. The van der Waals surface area contributed by atoms with Crippen LogP contribution in [0.3, 0.4) is 0 Å². The van der Waals surface area contributed by atoms with Gasteiger partial charge in [0.1, 0.15) is 0 Å². The van der Waals surface area contributed by atoms with Gasteiger partial charge in [0.2, 0.25) is 0 Å². The van der Waals surface area contributed by atoms with Gasteiger partial charge in [-0.15, -0.1) is 0 Å². The predicted octanol–water partition coefficient (Wildman–Crippen LogP) is 13.6. The number of rotatable bonds is 3. The van der Waals surface area contributed by atoms with E-state index in [1.807, 2.05) is 0 Å². The van der Waals surface area contributed by atoms with Crippen molar-refractivity contribution in [3.63, 3.8) is 0 Å². The fraction of sp³-hybridized carbons (Fsp3) is 0. The highest BCUT2D eigenvalue weighted by molar-refractivity contribution is 6.25. The topological polar surface area (TPSA) is 0 Å². The van der Waals surface area contributed by atoms with E-state index in [9.17, 15) is 0 Å². The summed E-state index contributed by atoms with van der Waals surface area (Å²) in [7, 11) is 0. The molecular formula is C48H30. The molecule has 0 bridgehead atoms. The van der Waals surface area contributed by atoms with E-state index in [-0.39, 0.29) is 0 Å². The first-order chi connectivity index (χ1) is 23.8. The summed E-state index contributed by atoms with van der Waals surface area (Å²) in [6.07, 6.45) is 0. The lowest BCUT2D eigenvalue weighted by atomic mass is 9.84. The van der Waals surface area contributed by atoms with E-state index in [2.05, 4.69) is 182 Å². The van der Waals surface area contributed by atoms with Crippen LogP contribution in [0.4, 0.5) is 0 Å². The summed E-state index contributed by atoms with van der Waals surface area (Å²) >= 11 is 0. The molecule has 0 radical (unpaired) electrons. The summed E-state index contributed by atoms with van der Waals surface area (Å²) in [6, 6.07) is 67.1. The molecule has 0 aliphatic heterocycles. The summed E-state index contributed by atoms with van der Waals surface area (Å²) in [5, 5.41) is 15.3.